The van der Waals surface area contributed by atoms with Gasteiger partial charge in [0.2, 0.25) is 5.88 Å². The molecule has 1 fully saturated rings. The second-order valence-corrected chi connectivity index (χ2v) is 8.13. The van der Waals surface area contributed by atoms with Gasteiger partial charge in [-0.3, -0.25) is 0 Å². The predicted octanol–water partition coefficient (Wildman–Crippen LogP) is 4.78. The van der Waals surface area contributed by atoms with Gasteiger partial charge in [0.25, 0.3) is 0 Å². The summed E-state index contributed by atoms with van der Waals surface area (Å²) in [5, 5.41) is 4.62. The molecule has 0 amide bonds. The number of fused-ring (bicyclic) bond motifs is 1. The zero-order valence-corrected chi connectivity index (χ0v) is 17.2. The van der Waals surface area contributed by atoms with Gasteiger partial charge in [-0.15, -0.1) is 5.10 Å². The van der Waals surface area contributed by atoms with Crippen molar-refractivity contribution >= 4 is 5.65 Å². The summed E-state index contributed by atoms with van der Waals surface area (Å²) in [6, 6.07) is 22.8. The third-order valence-corrected chi connectivity index (χ3v) is 5.75. The van der Waals surface area contributed by atoms with Crippen LogP contribution in [0.15, 0.2) is 72.9 Å². The zero-order chi connectivity index (χ0) is 20.3. The summed E-state index contributed by atoms with van der Waals surface area (Å²) in [7, 11) is 2.18. The predicted molar refractivity (Wildman–Crippen MR) is 120 cm³/mol. The molecular weight excluding hydrogens is 372 g/mol. The van der Waals surface area contributed by atoms with Crippen molar-refractivity contribution in [3.63, 3.8) is 0 Å². The number of aromatic nitrogens is 3. The molecule has 3 heterocycles. The molecule has 152 valence electrons. The van der Waals surface area contributed by atoms with E-state index in [2.05, 4.69) is 65.6 Å². The molecule has 0 spiro atoms. The Morgan fingerprint density at radius 3 is 2.67 bits per heavy atom. The first kappa shape index (κ1) is 18.8. The Balaban J connectivity index is 1.35. The molecule has 30 heavy (non-hydrogen) atoms. The molecule has 1 atom stereocenters. The van der Waals surface area contributed by atoms with E-state index in [0.29, 0.717) is 18.4 Å². The third-order valence-electron chi connectivity index (χ3n) is 5.75. The lowest BCUT2D eigenvalue weighted by Gasteiger charge is -2.29. The van der Waals surface area contributed by atoms with Crippen LogP contribution in [0.3, 0.4) is 0 Å². The first-order valence-corrected chi connectivity index (χ1v) is 10.6. The molecule has 5 nitrogen and oxygen atoms in total. The quantitative estimate of drug-likeness (QED) is 0.485. The maximum atomic E-state index is 6.01. The Morgan fingerprint density at radius 2 is 1.80 bits per heavy atom. The van der Waals surface area contributed by atoms with Gasteiger partial charge in [-0.2, -0.15) is 0 Å². The van der Waals surface area contributed by atoms with Gasteiger partial charge in [0.05, 0.1) is 18.5 Å². The fourth-order valence-corrected chi connectivity index (χ4v) is 4.18. The van der Waals surface area contributed by atoms with Gasteiger partial charge in [0.15, 0.2) is 5.65 Å². The molecule has 0 radical (unpaired) electrons. The number of nitrogens with zero attached hydrogens (tertiary/aromatic N) is 4. The summed E-state index contributed by atoms with van der Waals surface area (Å²) in [5.74, 6) is 1.22. The Bertz CT molecular complexity index is 1140. The second-order valence-electron chi connectivity index (χ2n) is 8.13. The van der Waals surface area contributed by atoms with Crippen molar-refractivity contribution in [2.45, 2.75) is 12.8 Å². The minimum absolute atomic E-state index is 0.570. The lowest BCUT2D eigenvalue weighted by atomic mass is 10.00. The summed E-state index contributed by atoms with van der Waals surface area (Å²) >= 11 is 0. The van der Waals surface area contributed by atoms with Gasteiger partial charge in [-0.05, 0) is 49.7 Å². The van der Waals surface area contributed by atoms with E-state index in [1.54, 1.807) is 0 Å². The van der Waals surface area contributed by atoms with Crippen LogP contribution in [0, 0.1) is 5.92 Å². The minimum Gasteiger partial charge on any atom is -0.476 e. The molecule has 2 aromatic heterocycles. The summed E-state index contributed by atoms with van der Waals surface area (Å²) in [6.45, 7) is 2.99. The Morgan fingerprint density at radius 1 is 0.967 bits per heavy atom. The highest BCUT2D eigenvalue weighted by atomic mass is 16.5. The van der Waals surface area contributed by atoms with Crippen LogP contribution in [-0.4, -0.2) is 46.2 Å². The number of benzene rings is 2. The molecular formula is C25H26N4O. The average molecular weight is 399 g/mol. The summed E-state index contributed by atoms with van der Waals surface area (Å²) < 4.78 is 7.82. The fraction of sp³-hybridized carbons (Fsp3) is 0.280. The van der Waals surface area contributed by atoms with Crippen LogP contribution in [0.25, 0.3) is 28.0 Å². The number of piperidine rings is 1. The topological polar surface area (TPSA) is 42.7 Å². The van der Waals surface area contributed by atoms with E-state index in [4.69, 9.17) is 9.72 Å². The molecule has 1 unspecified atom stereocenters. The number of rotatable bonds is 5. The van der Waals surface area contributed by atoms with E-state index >= 15 is 0 Å². The van der Waals surface area contributed by atoms with Crippen molar-refractivity contribution in [1.82, 2.24) is 19.5 Å². The molecule has 1 aliphatic rings. The molecule has 4 aromatic rings. The molecule has 2 aromatic carbocycles. The largest absolute Gasteiger partial charge is 0.476 e. The van der Waals surface area contributed by atoms with E-state index in [-0.39, 0.29) is 0 Å². The highest BCUT2D eigenvalue weighted by molar-refractivity contribution is 5.72. The molecule has 5 heteroatoms. The van der Waals surface area contributed by atoms with Crippen molar-refractivity contribution in [2.75, 3.05) is 26.7 Å². The molecule has 0 aliphatic carbocycles. The zero-order valence-electron chi connectivity index (χ0n) is 17.2. The lowest BCUT2D eigenvalue weighted by molar-refractivity contribution is 0.146. The van der Waals surface area contributed by atoms with E-state index in [1.807, 2.05) is 28.9 Å². The van der Waals surface area contributed by atoms with Gasteiger partial charge >= 0.3 is 0 Å². The average Bonchev–Trinajstić information content (AvgIpc) is 3.22. The monoisotopic (exact) mass is 398 g/mol. The van der Waals surface area contributed by atoms with Crippen molar-refractivity contribution in [3.05, 3.63) is 72.9 Å². The van der Waals surface area contributed by atoms with Crippen LogP contribution >= 0.6 is 0 Å². The summed E-state index contributed by atoms with van der Waals surface area (Å²) in [5.41, 5.74) is 5.19. The fourth-order valence-electron chi connectivity index (χ4n) is 4.18. The molecule has 5 rings (SSSR count). The van der Waals surface area contributed by atoms with Crippen molar-refractivity contribution in [3.8, 4) is 28.3 Å². The van der Waals surface area contributed by atoms with Crippen LogP contribution in [0.1, 0.15) is 12.8 Å². The van der Waals surface area contributed by atoms with E-state index < -0.39 is 0 Å². The first-order chi connectivity index (χ1) is 14.7. The maximum Gasteiger partial charge on any atom is 0.231 e. The third kappa shape index (κ3) is 4.07. The first-order valence-electron chi connectivity index (χ1n) is 10.6. The van der Waals surface area contributed by atoms with E-state index in [1.165, 1.54) is 30.5 Å². The second kappa shape index (κ2) is 8.28. The SMILES string of the molecule is CN1CCCC(COc2ccc3nc(-c4cccc(-c5ccccc5)c4)cn3n2)C1. The molecule has 0 bridgehead atoms. The van der Waals surface area contributed by atoms with E-state index in [0.717, 1.165) is 23.4 Å². The van der Waals surface area contributed by atoms with Gasteiger partial charge in [-0.25, -0.2) is 9.50 Å². The van der Waals surface area contributed by atoms with Gasteiger partial charge in [0, 0.05) is 24.1 Å². The Kier molecular flexibility index (Phi) is 5.20. The van der Waals surface area contributed by atoms with Crippen LogP contribution in [0.2, 0.25) is 0 Å². The minimum atomic E-state index is 0.570. The van der Waals surface area contributed by atoms with Crippen molar-refractivity contribution < 1.29 is 4.74 Å². The molecule has 0 N–H and O–H groups in total. The number of hydrogen-bond acceptors (Lipinski definition) is 4. The standard InChI is InChI=1S/C25H26N4O/c1-28-14-6-7-19(16-28)18-30-25-13-12-24-26-23(17-29(24)27-25)22-11-5-10-21(15-22)20-8-3-2-4-9-20/h2-5,8-13,15,17,19H,6-7,14,16,18H2,1H3. The Labute approximate surface area is 176 Å². The van der Waals surface area contributed by atoms with Crippen LogP contribution < -0.4 is 4.74 Å². The number of likely N-dealkylation sites (tertiary alicyclic amines) is 1. The number of hydrogen-bond donors (Lipinski definition) is 0. The van der Waals surface area contributed by atoms with Crippen molar-refractivity contribution in [2.24, 2.45) is 5.92 Å². The number of imidazole rings is 1. The molecule has 1 saturated heterocycles. The highest BCUT2D eigenvalue weighted by Gasteiger charge is 2.18. The molecule has 0 saturated carbocycles. The summed E-state index contributed by atoms with van der Waals surface area (Å²) in [4.78, 5) is 7.13. The van der Waals surface area contributed by atoms with Gasteiger partial charge < -0.3 is 9.64 Å². The van der Waals surface area contributed by atoms with Crippen LogP contribution in [0.5, 0.6) is 5.88 Å². The molecule has 1 aliphatic heterocycles. The normalized spacial score (nSPS) is 17.3. The summed E-state index contributed by atoms with van der Waals surface area (Å²) in [6.07, 6.45) is 4.43. The maximum absolute atomic E-state index is 6.01. The van der Waals surface area contributed by atoms with Crippen LogP contribution in [0.4, 0.5) is 0 Å². The Hall–Kier alpha value is -3.18. The van der Waals surface area contributed by atoms with Gasteiger partial charge in [-0.1, -0.05) is 48.5 Å². The number of ether oxygens (including phenoxy) is 1. The van der Waals surface area contributed by atoms with Crippen LogP contribution in [-0.2, 0) is 0 Å². The van der Waals surface area contributed by atoms with E-state index in [9.17, 15) is 0 Å². The van der Waals surface area contributed by atoms with Crippen molar-refractivity contribution in [1.29, 1.82) is 0 Å². The lowest BCUT2D eigenvalue weighted by Crippen LogP contribution is -2.34. The smallest absolute Gasteiger partial charge is 0.231 e. The van der Waals surface area contributed by atoms with Gasteiger partial charge in [0.1, 0.15) is 0 Å². The highest BCUT2D eigenvalue weighted by Crippen LogP contribution is 2.26.